The maximum Gasteiger partial charge on any atom is 0.337 e. The molecule has 0 aliphatic rings. The molecule has 0 aromatic heterocycles. The molecule has 1 amide bonds. The van der Waals surface area contributed by atoms with E-state index < -0.39 is 47.8 Å². The largest absolute Gasteiger partial charge is 0.481 e. The molecule has 48 heavy (non-hydrogen) atoms. The number of carboxylic acid groups (broad SMARTS) is 3. The monoisotopic (exact) mass is 667 g/mol. The first-order valence-electron chi connectivity index (χ1n) is 16.7. The maximum absolute atomic E-state index is 13.3. The molecule has 0 spiro atoms. The number of hydrogen-bond donors (Lipinski definition) is 5. The van der Waals surface area contributed by atoms with Crippen LogP contribution in [0.3, 0.4) is 0 Å². The fourth-order valence-corrected chi connectivity index (χ4v) is 5.25. The molecule has 11 heteroatoms. The van der Waals surface area contributed by atoms with Crippen LogP contribution in [0, 0.1) is 5.92 Å². The molecule has 11 nitrogen and oxygen atoms in total. The molecule has 2 rings (SSSR count). The normalized spacial score (nSPS) is 13.7. The summed E-state index contributed by atoms with van der Waals surface area (Å²) in [4.78, 5) is 61.2. The minimum atomic E-state index is -3.04. The number of ether oxygens (including phenoxy) is 1. The Morgan fingerprint density at radius 3 is 1.96 bits per heavy atom. The molecule has 0 aliphatic carbocycles. The van der Waals surface area contributed by atoms with Crippen LogP contribution in [0.2, 0.25) is 0 Å². The quantitative estimate of drug-likeness (QED) is 0.0592. The minimum absolute atomic E-state index is 0.171. The van der Waals surface area contributed by atoms with Crippen LogP contribution in [-0.4, -0.2) is 61.7 Å². The van der Waals surface area contributed by atoms with Crippen LogP contribution < -0.4 is 10.1 Å². The van der Waals surface area contributed by atoms with Crippen molar-refractivity contribution in [2.75, 3.05) is 0 Å². The summed E-state index contributed by atoms with van der Waals surface area (Å²) in [5, 5.41) is 42.1. The molecule has 0 fully saturated rings. The predicted molar refractivity (Wildman–Crippen MR) is 180 cm³/mol. The van der Waals surface area contributed by atoms with Crippen molar-refractivity contribution >= 4 is 29.6 Å². The van der Waals surface area contributed by atoms with Gasteiger partial charge in [0.2, 0.25) is 5.91 Å². The summed E-state index contributed by atoms with van der Waals surface area (Å²) in [6.07, 6.45) is 11.3. The molecule has 0 saturated carbocycles. The van der Waals surface area contributed by atoms with Crippen molar-refractivity contribution in [3.05, 3.63) is 72.3 Å². The topological polar surface area (TPSA) is 188 Å². The number of benzene rings is 2. The summed E-state index contributed by atoms with van der Waals surface area (Å²) >= 11 is 0. The standard InChI is InChI=1S/C37H49NO10/c1-2-3-4-5-6-7-11-16-28(39)17-12-8-9-15-20-31(37(47,36(45)46)26-33(40)41)34(42)38-32(35(43)44)25-27-21-23-30(24-22-27)48-29-18-13-10-14-19-29/h10,13-15,18-24,31-32,47H,2-9,11-12,16-17,25-26H2,1H3,(H,38,42)(H,40,41)(H,43,44)(H,45,46)/b20-15+. The molecular weight excluding hydrogens is 618 g/mol. The molecule has 262 valence electrons. The lowest BCUT2D eigenvalue weighted by Crippen LogP contribution is -2.55. The Kier molecular flexibility index (Phi) is 17.7. The van der Waals surface area contributed by atoms with Gasteiger partial charge in [-0.2, -0.15) is 0 Å². The van der Waals surface area contributed by atoms with E-state index in [0.717, 1.165) is 25.3 Å². The number of carbonyl (C=O) groups is 5. The summed E-state index contributed by atoms with van der Waals surface area (Å²) in [6, 6.07) is 14.0. The van der Waals surface area contributed by atoms with Gasteiger partial charge in [-0.15, -0.1) is 0 Å². The number of ketones is 1. The van der Waals surface area contributed by atoms with Crippen molar-refractivity contribution < 1.29 is 49.1 Å². The summed E-state index contributed by atoms with van der Waals surface area (Å²) in [5.74, 6) is -6.78. The second-order valence-corrected chi connectivity index (χ2v) is 12.0. The van der Waals surface area contributed by atoms with Gasteiger partial charge in [-0.25, -0.2) is 9.59 Å². The van der Waals surface area contributed by atoms with Crippen molar-refractivity contribution in [1.82, 2.24) is 5.32 Å². The number of amides is 1. The lowest BCUT2D eigenvalue weighted by molar-refractivity contribution is -0.172. The van der Waals surface area contributed by atoms with Crippen molar-refractivity contribution in [2.24, 2.45) is 5.92 Å². The van der Waals surface area contributed by atoms with Gasteiger partial charge in [-0.1, -0.05) is 87.9 Å². The summed E-state index contributed by atoms with van der Waals surface area (Å²) < 4.78 is 5.74. The Bertz CT molecular complexity index is 1340. The zero-order chi connectivity index (χ0) is 35.4. The summed E-state index contributed by atoms with van der Waals surface area (Å²) in [5.41, 5.74) is -2.52. The first-order valence-corrected chi connectivity index (χ1v) is 16.7. The number of rotatable bonds is 25. The Balaban J connectivity index is 2.01. The summed E-state index contributed by atoms with van der Waals surface area (Å²) in [7, 11) is 0. The second-order valence-electron chi connectivity index (χ2n) is 12.0. The van der Waals surface area contributed by atoms with Crippen LogP contribution >= 0.6 is 0 Å². The van der Waals surface area contributed by atoms with Crippen LogP contribution in [0.25, 0.3) is 0 Å². The maximum atomic E-state index is 13.3. The zero-order valence-corrected chi connectivity index (χ0v) is 27.6. The Hall–Kier alpha value is -4.51. The van der Waals surface area contributed by atoms with Gasteiger partial charge < -0.3 is 30.5 Å². The number of carboxylic acids is 3. The van der Waals surface area contributed by atoms with E-state index in [9.17, 15) is 44.4 Å². The van der Waals surface area contributed by atoms with Crippen LogP contribution in [0.4, 0.5) is 0 Å². The Morgan fingerprint density at radius 2 is 1.38 bits per heavy atom. The fraction of sp³-hybridized carbons (Fsp3) is 0.486. The first kappa shape index (κ1) is 39.7. The predicted octanol–water partition coefficient (Wildman–Crippen LogP) is 6.32. The fourth-order valence-electron chi connectivity index (χ4n) is 5.25. The molecule has 3 unspecified atom stereocenters. The number of aliphatic hydroxyl groups is 1. The van der Waals surface area contributed by atoms with Gasteiger partial charge in [0, 0.05) is 19.3 Å². The minimum Gasteiger partial charge on any atom is -0.481 e. The highest BCUT2D eigenvalue weighted by Crippen LogP contribution is 2.26. The van der Waals surface area contributed by atoms with Gasteiger partial charge in [0.1, 0.15) is 23.3 Å². The third-order valence-corrected chi connectivity index (χ3v) is 8.01. The van der Waals surface area contributed by atoms with E-state index in [0.29, 0.717) is 49.2 Å². The van der Waals surface area contributed by atoms with Crippen LogP contribution in [-0.2, 0) is 30.4 Å². The molecular formula is C37H49NO10. The number of hydrogen-bond acceptors (Lipinski definition) is 7. The highest BCUT2D eigenvalue weighted by molar-refractivity contribution is 5.94. The van der Waals surface area contributed by atoms with Gasteiger partial charge in [-0.3, -0.25) is 14.4 Å². The molecule has 5 N–H and O–H groups in total. The van der Waals surface area contributed by atoms with Gasteiger partial charge in [0.15, 0.2) is 5.60 Å². The van der Waals surface area contributed by atoms with Crippen LogP contribution in [0.15, 0.2) is 66.7 Å². The van der Waals surface area contributed by atoms with Gasteiger partial charge in [-0.05, 0) is 55.5 Å². The average molecular weight is 668 g/mol. The average Bonchev–Trinajstić information content (AvgIpc) is 3.04. The molecule has 2 aromatic rings. The number of aliphatic carboxylic acids is 3. The SMILES string of the molecule is CCCCCCCCCC(=O)CCCC/C=C/C(C(=O)NC(Cc1ccc(Oc2ccccc2)cc1)C(=O)O)C(O)(CC(=O)O)C(=O)O. The van der Waals surface area contributed by atoms with Crippen molar-refractivity contribution in [3.63, 3.8) is 0 Å². The van der Waals surface area contributed by atoms with Crippen LogP contribution in [0.1, 0.15) is 96.0 Å². The highest BCUT2D eigenvalue weighted by Gasteiger charge is 2.49. The molecule has 0 saturated heterocycles. The molecule has 0 bridgehead atoms. The van der Waals surface area contributed by atoms with E-state index in [1.54, 1.807) is 36.4 Å². The smallest absolute Gasteiger partial charge is 0.337 e. The number of allylic oxidation sites excluding steroid dienone is 1. The highest BCUT2D eigenvalue weighted by atomic mass is 16.5. The number of para-hydroxylation sites is 1. The van der Waals surface area contributed by atoms with E-state index >= 15 is 0 Å². The van der Waals surface area contributed by atoms with Gasteiger partial charge >= 0.3 is 17.9 Å². The number of carbonyl (C=O) groups excluding carboxylic acids is 2. The van der Waals surface area contributed by atoms with Crippen molar-refractivity contribution in [3.8, 4) is 11.5 Å². The molecule has 3 atom stereocenters. The van der Waals surface area contributed by atoms with E-state index in [1.165, 1.54) is 31.8 Å². The molecule has 0 heterocycles. The van der Waals surface area contributed by atoms with E-state index in [2.05, 4.69) is 12.2 Å². The van der Waals surface area contributed by atoms with Gasteiger partial charge in [0.05, 0.1) is 12.3 Å². The first-order chi connectivity index (χ1) is 23.0. The number of Topliss-reactive ketones (excluding diaryl/α,β-unsaturated/α-hetero) is 1. The Morgan fingerprint density at radius 1 is 0.792 bits per heavy atom. The lowest BCUT2D eigenvalue weighted by atomic mass is 9.82. The van der Waals surface area contributed by atoms with Gasteiger partial charge in [0.25, 0.3) is 0 Å². The van der Waals surface area contributed by atoms with E-state index in [4.69, 9.17) is 4.74 Å². The lowest BCUT2D eigenvalue weighted by Gasteiger charge is -2.29. The summed E-state index contributed by atoms with van der Waals surface area (Å²) in [6.45, 7) is 2.17. The van der Waals surface area contributed by atoms with Crippen molar-refractivity contribution in [1.29, 1.82) is 0 Å². The molecule has 0 aliphatic heterocycles. The third-order valence-electron chi connectivity index (χ3n) is 8.01. The van der Waals surface area contributed by atoms with Crippen molar-refractivity contribution in [2.45, 2.75) is 108 Å². The molecule has 2 aromatic carbocycles. The number of unbranched alkanes of at least 4 members (excludes halogenated alkanes) is 8. The Labute approximate surface area is 282 Å². The number of nitrogens with one attached hydrogen (secondary N) is 1. The molecule has 0 radical (unpaired) electrons. The van der Waals surface area contributed by atoms with E-state index in [-0.39, 0.29) is 12.2 Å². The second kappa shape index (κ2) is 21.4. The van der Waals surface area contributed by atoms with Crippen LogP contribution in [0.5, 0.6) is 11.5 Å². The third kappa shape index (κ3) is 14.5. The zero-order valence-electron chi connectivity index (χ0n) is 27.6. The van der Waals surface area contributed by atoms with E-state index in [1.807, 2.05) is 18.2 Å².